The summed E-state index contributed by atoms with van der Waals surface area (Å²) in [6.07, 6.45) is 12.2. The normalized spacial score (nSPS) is 21.7. The molecule has 0 aliphatic heterocycles. The van der Waals surface area contributed by atoms with Gasteiger partial charge in [-0.25, -0.2) is 0 Å². The van der Waals surface area contributed by atoms with Crippen LogP contribution in [0.1, 0.15) is 37.8 Å². The molecule has 17 heavy (non-hydrogen) atoms. The van der Waals surface area contributed by atoms with Crippen LogP contribution < -0.4 is 0 Å². The number of nitrogens with zero attached hydrogens (tertiary/aromatic N) is 2. The molecule has 2 heteroatoms. The third-order valence-corrected chi connectivity index (χ3v) is 3.77. The van der Waals surface area contributed by atoms with Crippen LogP contribution in [0.15, 0.2) is 36.7 Å². The van der Waals surface area contributed by atoms with Crippen LogP contribution in [0.25, 0.3) is 0 Å². The molecule has 92 valence electrons. The van der Waals surface area contributed by atoms with E-state index >= 15 is 0 Å². The molecule has 0 N–H and O–H groups in total. The van der Waals surface area contributed by atoms with E-state index in [4.69, 9.17) is 0 Å². The Kier molecular flexibility index (Phi) is 4.32. The molecular formula is C15H22N2. The molecule has 0 amide bonds. The van der Waals surface area contributed by atoms with Crippen LogP contribution in [0.4, 0.5) is 0 Å². The van der Waals surface area contributed by atoms with Crippen molar-refractivity contribution in [1.82, 2.24) is 9.88 Å². The van der Waals surface area contributed by atoms with Gasteiger partial charge in [0.25, 0.3) is 0 Å². The van der Waals surface area contributed by atoms with Gasteiger partial charge in [0, 0.05) is 25.0 Å². The Morgan fingerprint density at radius 2 is 2.12 bits per heavy atom. The highest BCUT2D eigenvalue weighted by Crippen LogP contribution is 2.23. The largest absolute Gasteiger partial charge is 0.299 e. The third-order valence-electron chi connectivity index (χ3n) is 3.77. The monoisotopic (exact) mass is 230 g/mol. The average Bonchev–Trinajstić information content (AvgIpc) is 2.40. The number of hydrogen-bond acceptors (Lipinski definition) is 2. The van der Waals surface area contributed by atoms with Crippen molar-refractivity contribution >= 4 is 0 Å². The van der Waals surface area contributed by atoms with Gasteiger partial charge in [-0.05, 0) is 56.8 Å². The fraction of sp³-hybridized carbons (Fsp3) is 0.533. The molecule has 0 aromatic carbocycles. The van der Waals surface area contributed by atoms with Crippen molar-refractivity contribution in [2.45, 2.75) is 32.2 Å². The van der Waals surface area contributed by atoms with Gasteiger partial charge in [-0.1, -0.05) is 12.2 Å². The van der Waals surface area contributed by atoms with Crippen molar-refractivity contribution in [3.05, 3.63) is 42.2 Å². The maximum absolute atomic E-state index is 4.08. The maximum Gasteiger partial charge on any atom is 0.0318 e. The molecule has 0 spiro atoms. The molecular weight excluding hydrogens is 208 g/mol. The van der Waals surface area contributed by atoms with Gasteiger partial charge in [-0.15, -0.1) is 0 Å². The molecule has 1 aromatic rings. The lowest BCUT2D eigenvalue weighted by Crippen LogP contribution is -2.29. The zero-order valence-electron chi connectivity index (χ0n) is 10.8. The van der Waals surface area contributed by atoms with Crippen molar-refractivity contribution < 1.29 is 0 Å². The van der Waals surface area contributed by atoms with Crippen molar-refractivity contribution in [3.63, 3.8) is 0 Å². The fourth-order valence-electron chi connectivity index (χ4n) is 2.48. The van der Waals surface area contributed by atoms with E-state index in [0.29, 0.717) is 6.04 Å². The highest BCUT2D eigenvalue weighted by Gasteiger charge is 2.17. The molecule has 2 nitrogen and oxygen atoms in total. The van der Waals surface area contributed by atoms with Crippen LogP contribution in [-0.2, 0) is 0 Å². The first-order valence-electron chi connectivity index (χ1n) is 6.52. The van der Waals surface area contributed by atoms with E-state index in [-0.39, 0.29) is 0 Å². The quantitative estimate of drug-likeness (QED) is 0.737. The highest BCUT2D eigenvalue weighted by molar-refractivity contribution is 5.14. The molecule has 0 unspecified atom stereocenters. The zero-order chi connectivity index (χ0) is 12.1. The summed E-state index contributed by atoms with van der Waals surface area (Å²) < 4.78 is 0. The van der Waals surface area contributed by atoms with Crippen molar-refractivity contribution in [1.29, 1.82) is 0 Å². The molecule has 2 rings (SSSR count). The van der Waals surface area contributed by atoms with E-state index < -0.39 is 0 Å². The van der Waals surface area contributed by atoms with Gasteiger partial charge in [0.15, 0.2) is 0 Å². The molecule has 1 aliphatic carbocycles. The predicted octanol–water partition coefficient (Wildman–Crippen LogP) is 3.43. The standard InChI is InChI=1S/C15H22N2/c1-13(15-8-10-16-11-9-15)17(2)12-14-6-4-3-5-7-14/h3-4,8-11,13-14H,5-7,12H2,1-2H3/t13-,14+/m1/s1. The Labute approximate surface area is 104 Å². The molecule has 0 radical (unpaired) electrons. The molecule has 1 heterocycles. The Balaban J connectivity index is 1.91. The van der Waals surface area contributed by atoms with Gasteiger partial charge in [-0.3, -0.25) is 9.88 Å². The molecule has 0 saturated carbocycles. The average molecular weight is 230 g/mol. The minimum Gasteiger partial charge on any atom is -0.299 e. The van der Waals surface area contributed by atoms with Crippen LogP contribution in [0.3, 0.4) is 0 Å². The van der Waals surface area contributed by atoms with E-state index in [0.717, 1.165) is 5.92 Å². The SMILES string of the molecule is C[C@H](c1ccncc1)N(C)C[C@H]1CC=CCC1. The summed E-state index contributed by atoms with van der Waals surface area (Å²) in [5, 5.41) is 0. The second kappa shape index (κ2) is 5.97. The number of pyridine rings is 1. The van der Waals surface area contributed by atoms with Gasteiger partial charge in [0.2, 0.25) is 0 Å². The predicted molar refractivity (Wildman–Crippen MR) is 71.8 cm³/mol. The first-order chi connectivity index (χ1) is 8.27. The lowest BCUT2D eigenvalue weighted by Gasteiger charge is -2.29. The highest BCUT2D eigenvalue weighted by atomic mass is 15.1. The Hall–Kier alpha value is -1.15. The smallest absolute Gasteiger partial charge is 0.0318 e. The fourth-order valence-corrected chi connectivity index (χ4v) is 2.48. The van der Waals surface area contributed by atoms with E-state index in [1.54, 1.807) is 0 Å². The van der Waals surface area contributed by atoms with Crippen LogP contribution in [0.2, 0.25) is 0 Å². The summed E-state index contributed by atoms with van der Waals surface area (Å²) in [6.45, 7) is 3.46. The number of rotatable bonds is 4. The first kappa shape index (κ1) is 12.3. The topological polar surface area (TPSA) is 16.1 Å². The molecule has 2 atom stereocenters. The maximum atomic E-state index is 4.08. The molecule has 1 aliphatic rings. The summed E-state index contributed by atoms with van der Waals surface area (Å²) in [5.41, 5.74) is 1.36. The summed E-state index contributed by atoms with van der Waals surface area (Å²) in [6, 6.07) is 4.70. The second-order valence-corrected chi connectivity index (χ2v) is 5.05. The summed E-state index contributed by atoms with van der Waals surface area (Å²) >= 11 is 0. The molecule has 0 saturated heterocycles. The van der Waals surface area contributed by atoms with Crippen LogP contribution >= 0.6 is 0 Å². The van der Waals surface area contributed by atoms with Gasteiger partial charge in [0.1, 0.15) is 0 Å². The van der Waals surface area contributed by atoms with Gasteiger partial charge in [0.05, 0.1) is 0 Å². The molecule has 0 fully saturated rings. The van der Waals surface area contributed by atoms with Crippen molar-refractivity contribution in [2.75, 3.05) is 13.6 Å². The first-order valence-corrected chi connectivity index (χ1v) is 6.52. The summed E-state index contributed by atoms with van der Waals surface area (Å²) in [4.78, 5) is 6.53. The van der Waals surface area contributed by atoms with Crippen LogP contribution in [0.5, 0.6) is 0 Å². The Bertz CT molecular complexity index is 358. The Morgan fingerprint density at radius 1 is 1.35 bits per heavy atom. The van der Waals surface area contributed by atoms with Gasteiger partial charge < -0.3 is 0 Å². The number of hydrogen-bond donors (Lipinski definition) is 0. The van der Waals surface area contributed by atoms with Gasteiger partial charge >= 0.3 is 0 Å². The summed E-state index contributed by atoms with van der Waals surface area (Å²) in [7, 11) is 2.23. The lowest BCUT2D eigenvalue weighted by atomic mass is 9.93. The second-order valence-electron chi connectivity index (χ2n) is 5.05. The summed E-state index contributed by atoms with van der Waals surface area (Å²) in [5.74, 6) is 0.828. The number of allylic oxidation sites excluding steroid dienone is 2. The van der Waals surface area contributed by atoms with Crippen molar-refractivity contribution in [3.8, 4) is 0 Å². The molecule has 0 bridgehead atoms. The van der Waals surface area contributed by atoms with Gasteiger partial charge in [-0.2, -0.15) is 0 Å². The van der Waals surface area contributed by atoms with Crippen molar-refractivity contribution in [2.24, 2.45) is 5.92 Å². The minimum atomic E-state index is 0.476. The van der Waals surface area contributed by atoms with E-state index in [1.807, 2.05) is 12.4 Å². The Morgan fingerprint density at radius 3 is 2.76 bits per heavy atom. The minimum absolute atomic E-state index is 0.476. The van der Waals surface area contributed by atoms with Crippen LogP contribution in [0, 0.1) is 5.92 Å². The lowest BCUT2D eigenvalue weighted by molar-refractivity contribution is 0.212. The third kappa shape index (κ3) is 3.40. The van der Waals surface area contributed by atoms with E-state index in [1.165, 1.54) is 31.4 Å². The molecule has 1 aromatic heterocycles. The van der Waals surface area contributed by atoms with E-state index in [9.17, 15) is 0 Å². The van der Waals surface area contributed by atoms with E-state index in [2.05, 4.69) is 48.1 Å². The zero-order valence-corrected chi connectivity index (χ0v) is 10.8. The number of aromatic nitrogens is 1. The van der Waals surface area contributed by atoms with Crippen LogP contribution in [-0.4, -0.2) is 23.5 Å².